The largest absolute Gasteiger partial charge is 0.355 e. The zero-order chi connectivity index (χ0) is 17.2. The number of amides is 1. The second-order valence-corrected chi connectivity index (χ2v) is 6.54. The fourth-order valence-electron chi connectivity index (χ4n) is 2.83. The fraction of sp³-hybridized carbons (Fsp3) is 0.389. The lowest BCUT2D eigenvalue weighted by atomic mass is 9.79. The van der Waals surface area contributed by atoms with Gasteiger partial charge < -0.3 is 10.2 Å². The Hall–Kier alpha value is -2.50. The molecule has 1 fully saturated rings. The summed E-state index contributed by atoms with van der Waals surface area (Å²) >= 11 is 0. The van der Waals surface area contributed by atoms with Gasteiger partial charge in [0.2, 0.25) is 5.91 Å². The van der Waals surface area contributed by atoms with E-state index in [1.807, 2.05) is 26.0 Å². The van der Waals surface area contributed by atoms with Crippen molar-refractivity contribution in [1.29, 1.82) is 0 Å². The summed E-state index contributed by atoms with van der Waals surface area (Å²) in [6.45, 7) is 5.39. The number of anilines is 2. The highest BCUT2D eigenvalue weighted by atomic mass is 19.1. The molecule has 1 saturated heterocycles. The number of benzene rings is 1. The normalized spacial score (nSPS) is 16.7. The Bertz CT molecular complexity index is 707. The maximum atomic E-state index is 13.0. The first-order valence-corrected chi connectivity index (χ1v) is 8.09. The molecule has 2 heterocycles. The van der Waals surface area contributed by atoms with Gasteiger partial charge in [0.15, 0.2) is 5.82 Å². The van der Waals surface area contributed by atoms with E-state index in [-0.39, 0.29) is 11.7 Å². The lowest BCUT2D eigenvalue weighted by Crippen LogP contribution is -2.45. The summed E-state index contributed by atoms with van der Waals surface area (Å²) in [5.74, 6) is 0.511. The van der Waals surface area contributed by atoms with E-state index in [1.165, 1.54) is 12.1 Å². The number of halogens is 1. The van der Waals surface area contributed by atoms with Crippen LogP contribution in [0.2, 0.25) is 0 Å². The monoisotopic (exact) mass is 328 g/mol. The summed E-state index contributed by atoms with van der Waals surface area (Å²) in [4.78, 5) is 14.8. The summed E-state index contributed by atoms with van der Waals surface area (Å²) in [6.07, 6.45) is 1.46. The first-order valence-electron chi connectivity index (χ1n) is 8.09. The van der Waals surface area contributed by atoms with E-state index in [9.17, 15) is 9.18 Å². The Balaban J connectivity index is 1.62. The maximum Gasteiger partial charge on any atom is 0.230 e. The minimum Gasteiger partial charge on any atom is -0.355 e. The molecule has 6 heteroatoms. The highest BCUT2D eigenvalue weighted by Crippen LogP contribution is 2.33. The number of piperidine rings is 1. The maximum absolute atomic E-state index is 13.0. The molecule has 0 spiro atoms. The molecule has 5 nitrogen and oxygen atoms in total. The van der Waals surface area contributed by atoms with Crippen LogP contribution in [0.3, 0.4) is 0 Å². The van der Waals surface area contributed by atoms with Crippen molar-refractivity contribution < 1.29 is 9.18 Å². The molecular weight excluding hydrogens is 307 g/mol. The molecule has 0 bridgehead atoms. The quantitative estimate of drug-likeness (QED) is 0.940. The van der Waals surface area contributed by atoms with E-state index in [0.717, 1.165) is 37.4 Å². The first-order chi connectivity index (χ1) is 11.5. The van der Waals surface area contributed by atoms with E-state index in [4.69, 9.17) is 0 Å². The summed E-state index contributed by atoms with van der Waals surface area (Å²) < 4.78 is 13.0. The van der Waals surface area contributed by atoms with Gasteiger partial charge >= 0.3 is 0 Å². The van der Waals surface area contributed by atoms with Gasteiger partial charge in [0.1, 0.15) is 5.82 Å². The summed E-state index contributed by atoms with van der Waals surface area (Å²) in [5, 5.41) is 11.2. The highest BCUT2D eigenvalue weighted by Gasteiger charge is 2.37. The van der Waals surface area contributed by atoms with Gasteiger partial charge in [-0.2, -0.15) is 5.10 Å². The van der Waals surface area contributed by atoms with E-state index >= 15 is 0 Å². The number of rotatable bonds is 3. The van der Waals surface area contributed by atoms with Crippen molar-refractivity contribution in [3.8, 4) is 0 Å². The van der Waals surface area contributed by atoms with Gasteiger partial charge in [0.25, 0.3) is 0 Å². The van der Waals surface area contributed by atoms with Crippen LogP contribution in [0.25, 0.3) is 0 Å². The molecule has 0 atom stereocenters. The molecular formula is C18H21FN4O. The third kappa shape index (κ3) is 3.53. The van der Waals surface area contributed by atoms with E-state index in [1.54, 1.807) is 12.1 Å². The summed E-state index contributed by atoms with van der Waals surface area (Å²) in [6, 6.07) is 9.75. The van der Waals surface area contributed by atoms with Crippen LogP contribution in [-0.2, 0) is 4.79 Å². The molecule has 1 aliphatic rings. The number of aryl methyl sites for hydroxylation is 1. The van der Waals surface area contributed by atoms with Gasteiger partial charge in [0, 0.05) is 18.8 Å². The molecule has 1 aliphatic heterocycles. The molecule has 126 valence electrons. The van der Waals surface area contributed by atoms with E-state index < -0.39 is 5.41 Å². The van der Waals surface area contributed by atoms with E-state index in [2.05, 4.69) is 20.4 Å². The van der Waals surface area contributed by atoms with Crippen LogP contribution in [0.1, 0.15) is 25.5 Å². The second kappa shape index (κ2) is 6.55. The molecule has 3 rings (SSSR count). The van der Waals surface area contributed by atoms with Crippen molar-refractivity contribution in [2.24, 2.45) is 5.41 Å². The molecule has 0 radical (unpaired) electrons. The molecule has 2 aromatic rings. The van der Waals surface area contributed by atoms with Crippen LogP contribution in [0.15, 0.2) is 36.4 Å². The number of hydrogen-bond donors (Lipinski definition) is 1. The molecule has 0 aliphatic carbocycles. The second-order valence-electron chi connectivity index (χ2n) is 6.54. The molecule has 1 amide bonds. The third-order valence-electron chi connectivity index (χ3n) is 4.63. The van der Waals surface area contributed by atoms with Crippen molar-refractivity contribution in [2.75, 3.05) is 23.3 Å². The predicted molar refractivity (Wildman–Crippen MR) is 91.4 cm³/mol. The lowest BCUT2D eigenvalue weighted by Gasteiger charge is -2.38. The van der Waals surface area contributed by atoms with Gasteiger partial charge in [-0.05, 0) is 56.2 Å². The average Bonchev–Trinajstić information content (AvgIpc) is 2.58. The molecule has 0 saturated carbocycles. The van der Waals surface area contributed by atoms with Gasteiger partial charge in [-0.3, -0.25) is 4.79 Å². The van der Waals surface area contributed by atoms with Gasteiger partial charge in [0.05, 0.1) is 11.1 Å². The Morgan fingerprint density at radius 2 is 1.79 bits per heavy atom. The van der Waals surface area contributed by atoms with Crippen molar-refractivity contribution in [3.63, 3.8) is 0 Å². The van der Waals surface area contributed by atoms with Crippen molar-refractivity contribution >= 4 is 17.4 Å². The number of hydrogen-bond acceptors (Lipinski definition) is 4. The zero-order valence-electron chi connectivity index (χ0n) is 13.9. The number of carbonyl (C=O) groups is 1. The number of nitrogens with zero attached hydrogens (tertiary/aromatic N) is 3. The van der Waals surface area contributed by atoms with Crippen molar-refractivity contribution in [2.45, 2.75) is 26.7 Å². The molecule has 1 N–H and O–H groups in total. The van der Waals surface area contributed by atoms with Crippen LogP contribution >= 0.6 is 0 Å². The van der Waals surface area contributed by atoms with Gasteiger partial charge in [-0.25, -0.2) is 4.39 Å². The summed E-state index contributed by atoms with van der Waals surface area (Å²) in [7, 11) is 0. The van der Waals surface area contributed by atoms with Crippen molar-refractivity contribution in [1.82, 2.24) is 10.2 Å². The molecule has 1 aromatic carbocycles. The van der Waals surface area contributed by atoms with Crippen molar-refractivity contribution in [3.05, 3.63) is 47.9 Å². The Morgan fingerprint density at radius 3 is 2.38 bits per heavy atom. The zero-order valence-corrected chi connectivity index (χ0v) is 13.9. The Labute approximate surface area is 140 Å². The van der Waals surface area contributed by atoms with Crippen LogP contribution in [0.4, 0.5) is 15.9 Å². The van der Waals surface area contributed by atoms with Crippen LogP contribution in [-0.4, -0.2) is 29.2 Å². The molecule has 0 unspecified atom stereocenters. The Morgan fingerprint density at radius 1 is 1.12 bits per heavy atom. The number of nitrogens with one attached hydrogen (secondary N) is 1. The first kappa shape index (κ1) is 16.4. The Kier molecular flexibility index (Phi) is 4.46. The van der Waals surface area contributed by atoms with Gasteiger partial charge in [-0.1, -0.05) is 6.92 Å². The molecule has 24 heavy (non-hydrogen) atoms. The summed E-state index contributed by atoms with van der Waals surface area (Å²) in [5.41, 5.74) is 1.07. The minimum atomic E-state index is -0.441. The number of carbonyl (C=O) groups excluding carboxylic acids is 1. The fourth-order valence-corrected chi connectivity index (χ4v) is 2.83. The minimum absolute atomic E-state index is 0.0243. The van der Waals surface area contributed by atoms with E-state index in [0.29, 0.717) is 5.69 Å². The number of aromatic nitrogens is 2. The highest BCUT2D eigenvalue weighted by molar-refractivity contribution is 5.95. The van der Waals surface area contributed by atoms with Crippen LogP contribution in [0, 0.1) is 18.2 Å². The predicted octanol–water partition coefficient (Wildman–Crippen LogP) is 3.17. The third-order valence-corrected chi connectivity index (χ3v) is 4.63. The van der Waals surface area contributed by atoms with Crippen LogP contribution in [0.5, 0.6) is 0 Å². The van der Waals surface area contributed by atoms with Gasteiger partial charge in [-0.15, -0.1) is 5.10 Å². The SMILES string of the molecule is Cc1ccc(N2CCC(C)(C(=O)Nc3ccc(F)cc3)CC2)nn1. The van der Waals surface area contributed by atoms with Crippen LogP contribution < -0.4 is 10.2 Å². The lowest BCUT2D eigenvalue weighted by molar-refractivity contribution is -0.125. The standard InChI is InChI=1S/C18H21FN4O/c1-13-3-8-16(22-21-13)23-11-9-18(2,10-12-23)17(24)20-15-6-4-14(19)5-7-15/h3-8H,9-12H2,1-2H3,(H,20,24). The smallest absolute Gasteiger partial charge is 0.230 e. The molecule has 1 aromatic heterocycles. The average molecular weight is 328 g/mol. The topological polar surface area (TPSA) is 58.1 Å².